The first kappa shape index (κ1) is 46.2. The lowest BCUT2D eigenvalue weighted by Gasteiger charge is -2.39. The predicted octanol–water partition coefficient (Wildman–Crippen LogP) is 20.4. The Bertz CT molecular complexity index is 3640. The van der Waals surface area contributed by atoms with Crippen LogP contribution in [0.15, 0.2) is 291 Å². The average Bonchev–Trinajstić information content (AvgIpc) is 3.72. The van der Waals surface area contributed by atoms with Gasteiger partial charge in [-0.2, -0.15) is 0 Å². The van der Waals surface area contributed by atoms with Gasteiger partial charge >= 0.3 is 0 Å². The maximum Gasteiger partial charge on any atom is 0.151 e. The average molecular weight is 1050 g/mol. The van der Waals surface area contributed by atoms with E-state index in [9.17, 15) is 0 Å². The number of nitrogens with zero attached hydrogens (tertiary/aromatic N) is 4. The van der Waals surface area contributed by atoms with E-state index in [2.05, 4.69) is 214 Å². The minimum Gasteiger partial charge on any atom is -0.453 e. The highest BCUT2D eigenvalue weighted by molar-refractivity contribution is 5.91. The SMILES string of the molecule is c1ccc2c(c1)Oc1ccccc1N2c1ccc(C(c2ccc(N3c4ccccc4Oc4ccccc43)cc2)(c2ccc(N3c4ccccc4Oc4ccccc43)cc2)c2ccc(N3c4ccccc4Oc4ccccc43)cc2)cc1. The van der Waals surface area contributed by atoms with E-state index < -0.39 is 5.41 Å². The number of hydrogen-bond donors (Lipinski definition) is 0. The molecule has 0 atom stereocenters. The van der Waals surface area contributed by atoms with Crippen molar-refractivity contribution in [1.82, 2.24) is 0 Å². The molecule has 0 aliphatic carbocycles. The first-order valence-electron chi connectivity index (χ1n) is 27.2. The number of anilines is 12. The van der Waals surface area contributed by atoms with E-state index >= 15 is 0 Å². The minimum atomic E-state index is -0.891. The van der Waals surface area contributed by atoms with Gasteiger partial charge in [-0.3, -0.25) is 0 Å². The molecule has 12 aromatic carbocycles. The van der Waals surface area contributed by atoms with Gasteiger partial charge in [0.2, 0.25) is 0 Å². The Morgan fingerprint density at radius 3 is 0.481 bits per heavy atom. The zero-order valence-corrected chi connectivity index (χ0v) is 43.6. The summed E-state index contributed by atoms with van der Waals surface area (Å²) in [7, 11) is 0. The van der Waals surface area contributed by atoms with Gasteiger partial charge in [-0.15, -0.1) is 0 Å². The third-order valence-electron chi connectivity index (χ3n) is 16.0. The molecule has 384 valence electrons. The Kier molecular flexibility index (Phi) is 10.6. The van der Waals surface area contributed by atoms with E-state index in [0.29, 0.717) is 0 Å². The van der Waals surface area contributed by atoms with Crippen LogP contribution in [0.1, 0.15) is 22.3 Å². The molecule has 0 unspecified atom stereocenters. The molecular weight excluding hydrogens is 997 g/mol. The van der Waals surface area contributed by atoms with Crippen LogP contribution >= 0.6 is 0 Å². The van der Waals surface area contributed by atoms with Crippen molar-refractivity contribution < 1.29 is 18.9 Å². The second-order valence-corrected chi connectivity index (χ2v) is 20.4. The molecule has 0 N–H and O–H groups in total. The van der Waals surface area contributed by atoms with Crippen LogP contribution in [0.5, 0.6) is 46.0 Å². The fourth-order valence-corrected chi connectivity index (χ4v) is 12.4. The summed E-state index contributed by atoms with van der Waals surface area (Å²) in [5, 5.41) is 0. The van der Waals surface area contributed by atoms with E-state index in [0.717, 1.165) is 136 Å². The Balaban J connectivity index is 0.914. The zero-order valence-electron chi connectivity index (χ0n) is 43.6. The lowest BCUT2D eigenvalue weighted by atomic mass is 9.65. The first-order valence-corrected chi connectivity index (χ1v) is 27.2. The molecule has 0 radical (unpaired) electrons. The molecule has 0 bridgehead atoms. The zero-order chi connectivity index (χ0) is 53.4. The fourth-order valence-electron chi connectivity index (χ4n) is 12.4. The summed E-state index contributed by atoms with van der Waals surface area (Å²) in [5.41, 5.74) is 15.3. The molecule has 8 nitrogen and oxygen atoms in total. The van der Waals surface area contributed by atoms with Gasteiger partial charge in [-0.25, -0.2) is 0 Å². The smallest absolute Gasteiger partial charge is 0.151 e. The molecular formula is C73H48N4O4. The fraction of sp³-hybridized carbons (Fsp3) is 0.0137. The van der Waals surface area contributed by atoms with Gasteiger partial charge in [0.25, 0.3) is 0 Å². The van der Waals surface area contributed by atoms with Gasteiger partial charge in [0.1, 0.15) is 0 Å². The Morgan fingerprint density at radius 1 is 0.173 bits per heavy atom. The maximum atomic E-state index is 6.48. The van der Waals surface area contributed by atoms with Crippen molar-refractivity contribution in [2.45, 2.75) is 5.41 Å². The lowest BCUT2D eigenvalue weighted by molar-refractivity contribution is 0.477. The molecule has 0 fully saturated rings. The summed E-state index contributed by atoms with van der Waals surface area (Å²) in [4.78, 5) is 9.19. The van der Waals surface area contributed by atoms with Crippen LogP contribution in [0.4, 0.5) is 68.2 Å². The van der Waals surface area contributed by atoms with Crippen molar-refractivity contribution in [1.29, 1.82) is 0 Å². The second kappa shape index (κ2) is 18.6. The Labute approximate surface area is 469 Å². The molecule has 0 aromatic heterocycles. The number of benzene rings is 12. The van der Waals surface area contributed by atoms with Gasteiger partial charge in [-0.1, -0.05) is 146 Å². The summed E-state index contributed by atoms with van der Waals surface area (Å²) in [5.74, 6) is 6.42. The number of rotatable bonds is 8. The first-order chi connectivity index (χ1) is 40.2. The molecule has 0 saturated heterocycles. The van der Waals surface area contributed by atoms with Gasteiger partial charge < -0.3 is 38.5 Å². The number of para-hydroxylation sites is 16. The quantitative estimate of drug-likeness (QED) is 0.140. The van der Waals surface area contributed by atoms with Crippen LogP contribution in [-0.4, -0.2) is 0 Å². The van der Waals surface area contributed by atoms with Crippen molar-refractivity contribution in [3.63, 3.8) is 0 Å². The number of fused-ring (bicyclic) bond motifs is 8. The molecule has 0 amide bonds. The van der Waals surface area contributed by atoms with Crippen molar-refractivity contribution in [2.24, 2.45) is 0 Å². The van der Waals surface area contributed by atoms with E-state index in [4.69, 9.17) is 18.9 Å². The van der Waals surface area contributed by atoms with Gasteiger partial charge in [0.05, 0.1) is 50.9 Å². The molecule has 0 spiro atoms. The molecule has 81 heavy (non-hydrogen) atoms. The van der Waals surface area contributed by atoms with Crippen molar-refractivity contribution in [3.05, 3.63) is 313 Å². The van der Waals surface area contributed by atoms with Crippen molar-refractivity contribution in [2.75, 3.05) is 19.6 Å². The highest BCUT2D eigenvalue weighted by Crippen LogP contribution is 2.57. The topological polar surface area (TPSA) is 49.9 Å². The van der Waals surface area contributed by atoms with E-state index in [1.165, 1.54) is 0 Å². The number of ether oxygens (including phenoxy) is 4. The molecule has 0 saturated carbocycles. The van der Waals surface area contributed by atoms with Crippen molar-refractivity contribution >= 4 is 68.2 Å². The van der Waals surface area contributed by atoms with Crippen LogP contribution in [0.2, 0.25) is 0 Å². The molecule has 16 rings (SSSR count). The standard InChI is InChI=1S/C73H48N4O4/c1-9-25-65-57(17-1)74(58-18-2-10-26-66(58)78-65)53-41-33-49(34-42-53)73(50-35-43-54(44-36-50)75-59-19-3-11-27-67(59)79-68-28-12-4-20-60(68)75,51-37-45-55(46-38-51)76-61-21-5-13-29-69(61)80-70-30-14-6-22-62(70)76)52-39-47-56(48-40-52)77-63-23-7-15-31-71(63)81-72-32-16-8-24-64(72)77/h1-48H. The molecule has 4 heterocycles. The summed E-state index contributed by atoms with van der Waals surface area (Å²) >= 11 is 0. The Hall–Kier alpha value is -11.0. The van der Waals surface area contributed by atoms with Gasteiger partial charge in [0.15, 0.2) is 46.0 Å². The van der Waals surface area contributed by atoms with Crippen LogP contribution in [0.25, 0.3) is 0 Å². The molecule has 12 aromatic rings. The van der Waals surface area contributed by atoms with Crippen LogP contribution in [0.3, 0.4) is 0 Å². The largest absolute Gasteiger partial charge is 0.453 e. The molecule has 4 aliphatic rings. The summed E-state index contributed by atoms with van der Waals surface area (Å²) < 4.78 is 25.9. The third-order valence-corrected chi connectivity index (χ3v) is 16.0. The van der Waals surface area contributed by atoms with E-state index in [1.54, 1.807) is 0 Å². The highest BCUT2D eigenvalue weighted by Gasteiger charge is 2.40. The van der Waals surface area contributed by atoms with Gasteiger partial charge in [0, 0.05) is 22.7 Å². The molecule has 4 aliphatic heterocycles. The maximum absolute atomic E-state index is 6.48. The van der Waals surface area contributed by atoms with Crippen LogP contribution in [-0.2, 0) is 5.41 Å². The number of hydrogen-bond acceptors (Lipinski definition) is 8. The minimum absolute atomic E-state index is 0.802. The van der Waals surface area contributed by atoms with Crippen LogP contribution in [0, 0.1) is 0 Å². The monoisotopic (exact) mass is 1040 g/mol. The highest BCUT2D eigenvalue weighted by atomic mass is 16.5. The lowest BCUT2D eigenvalue weighted by Crippen LogP contribution is -2.31. The summed E-state index contributed by atoms with van der Waals surface area (Å²) in [6, 6.07) is 102. The van der Waals surface area contributed by atoms with Gasteiger partial charge in [-0.05, 0) is 168 Å². The van der Waals surface area contributed by atoms with Crippen molar-refractivity contribution in [3.8, 4) is 46.0 Å². The van der Waals surface area contributed by atoms with E-state index in [-0.39, 0.29) is 0 Å². The predicted molar refractivity (Wildman–Crippen MR) is 324 cm³/mol. The van der Waals surface area contributed by atoms with Crippen LogP contribution < -0.4 is 38.5 Å². The third kappa shape index (κ3) is 7.38. The summed E-state index contributed by atoms with van der Waals surface area (Å²) in [6.07, 6.45) is 0. The second-order valence-electron chi connectivity index (χ2n) is 20.4. The normalized spacial score (nSPS) is 13.2. The summed E-state index contributed by atoms with van der Waals surface area (Å²) in [6.45, 7) is 0. The Morgan fingerprint density at radius 2 is 0.321 bits per heavy atom. The molecule has 8 heteroatoms. The van der Waals surface area contributed by atoms with E-state index in [1.807, 2.05) is 97.1 Å².